The van der Waals surface area contributed by atoms with Crippen molar-refractivity contribution in [3.63, 3.8) is 0 Å². The van der Waals surface area contributed by atoms with Gasteiger partial charge in [0, 0.05) is 40.2 Å². The largest absolute Gasteiger partial charge is 0.296 e. The van der Waals surface area contributed by atoms with Gasteiger partial charge in [-0.3, -0.25) is 9.69 Å². The van der Waals surface area contributed by atoms with E-state index in [0.717, 1.165) is 15.6 Å². The summed E-state index contributed by atoms with van der Waals surface area (Å²) in [6.45, 7) is 4.16. The maximum atomic E-state index is 12.1. The van der Waals surface area contributed by atoms with Crippen LogP contribution in [0.5, 0.6) is 0 Å². The summed E-state index contributed by atoms with van der Waals surface area (Å²) in [4.78, 5) is 17.9. The van der Waals surface area contributed by atoms with E-state index in [1.54, 1.807) is 11.1 Å². The first kappa shape index (κ1) is 15.7. The smallest absolute Gasteiger partial charge is 0.232 e. The summed E-state index contributed by atoms with van der Waals surface area (Å²) in [6, 6.07) is 0. The summed E-state index contributed by atoms with van der Waals surface area (Å²) in [6.07, 6.45) is 1.83. The summed E-state index contributed by atoms with van der Waals surface area (Å²) in [5, 5.41) is 0. The molecule has 1 atom stereocenters. The summed E-state index contributed by atoms with van der Waals surface area (Å²) in [5.74, 6) is -0.00121. The lowest BCUT2D eigenvalue weighted by atomic mass is 10.1. The second kappa shape index (κ2) is 5.61. The fourth-order valence-corrected chi connectivity index (χ4v) is 4.03. The Kier molecular flexibility index (Phi) is 4.41. The number of hydrogen-bond acceptors (Lipinski definition) is 4. The second-order valence-corrected chi connectivity index (χ2v) is 8.64. The van der Waals surface area contributed by atoms with Gasteiger partial charge < -0.3 is 0 Å². The Balaban J connectivity index is 2.27. The fourth-order valence-electron chi connectivity index (χ4n) is 2.31. The molecule has 110 valence electrons. The standard InChI is InChI=1S/C12H14BrClN2O3S/c1-7-8(2)12(15-4-10(7)13)16-5-9(3-11(16)17)6-20(14,18)19/h4,9H,3,5-6H2,1-2H3. The fraction of sp³-hybridized carbons (Fsp3) is 0.500. The molecule has 0 aromatic carbocycles. The highest BCUT2D eigenvalue weighted by Gasteiger charge is 2.34. The molecule has 1 aliphatic heterocycles. The molecule has 0 aliphatic carbocycles. The average molecular weight is 382 g/mol. The minimum Gasteiger partial charge on any atom is -0.296 e. The first-order chi connectivity index (χ1) is 9.19. The van der Waals surface area contributed by atoms with Crippen LogP contribution >= 0.6 is 26.6 Å². The van der Waals surface area contributed by atoms with Crippen LogP contribution in [-0.4, -0.2) is 31.6 Å². The van der Waals surface area contributed by atoms with Gasteiger partial charge >= 0.3 is 0 Å². The molecule has 0 saturated carbocycles. The monoisotopic (exact) mass is 380 g/mol. The Hall–Kier alpha value is -0.660. The van der Waals surface area contributed by atoms with E-state index >= 15 is 0 Å². The zero-order chi connectivity index (χ0) is 15.1. The van der Waals surface area contributed by atoms with Crippen molar-refractivity contribution in [2.45, 2.75) is 20.3 Å². The van der Waals surface area contributed by atoms with Gasteiger partial charge in [-0.2, -0.15) is 0 Å². The predicted molar refractivity (Wildman–Crippen MR) is 81.5 cm³/mol. The molecule has 1 fully saturated rings. The summed E-state index contributed by atoms with van der Waals surface area (Å²) in [7, 11) is 1.66. The quantitative estimate of drug-likeness (QED) is 0.754. The van der Waals surface area contributed by atoms with Crippen LogP contribution < -0.4 is 4.90 Å². The third-order valence-electron chi connectivity index (χ3n) is 3.45. The SMILES string of the molecule is Cc1c(Br)cnc(N2CC(CS(=O)(=O)Cl)CC2=O)c1C. The summed E-state index contributed by atoms with van der Waals surface area (Å²) < 4.78 is 23.1. The van der Waals surface area contributed by atoms with Crippen LogP contribution in [-0.2, 0) is 13.8 Å². The first-order valence-corrected chi connectivity index (χ1v) is 9.30. The van der Waals surface area contributed by atoms with E-state index < -0.39 is 9.05 Å². The van der Waals surface area contributed by atoms with Crippen LogP contribution in [0.3, 0.4) is 0 Å². The number of carbonyl (C=O) groups is 1. The van der Waals surface area contributed by atoms with E-state index in [0.29, 0.717) is 12.4 Å². The second-order valence-electron chi connectivity index (χ2n) is 4.96. The number of amides is 1. The molecule has 8 heteroatoms. The molecule has 2 rings (SSSR count). The summed E-state index contributed by atoms with van der Waals surface area (Å²) in [5.41, 5.74) is 1.92. The van der Waals surface area contributed by atoms with E-state index in [-0.39, 0.29) is 24.0 Å². The molecule has 0 radical (unpaired) electrons. The molecule has 20 heavy (non-hydrogen) atoms. The molecule has 1 unspecified atom stereocenters. The third-order valence-corrected chi connectivity index (χ3v) is 5.50. The lowest BCUT2D eigenvalue weighted by molar-refractivity contribution is -0.117. The van der Waals surface area contributed by atoms with Crippen molar-refractivity contribution in [3.05, 3.63) is 21.8 Å². The lowest BCUT2D eigenvalue weighted by Gasteiger charge is -2.19. The normalized spacial score (nSPS) is 19.7. The number of anilines is 1. The molecule has 5 nitrogen and oxygen atoms in total. The minimum atomic E-state index is -3.60. The van der Waals surface area contributed by atoms with E-state index in [9.17, 15) is 13.2 Å². The number of rotatable bonds is 3. The van der Waals surface area contributed by atoms with Gasteiger partial charge in [0.15, 0.2) is 0 Å². The Bertz CT molecular complexity index is 663. The number of aromatic nitrogens is 1. The van der Waals surface area contributed by atoms with Crippen molar-refractivity contribution >= 4 is 47.4 Å². The van der Waals surface area contributed by atoms with Crippen molar-refractivity contribution in [3.8, 4) is 0 Å². The number of nitrogens with zero attached hydrogens (tertiary/aromatic N) is 2. The maximum Gasteiger partial charge on any atom is 0.232 e. The van der Waals surface area contributed by atoms with Crippen molar-refractivity contribution in [1.29, 1.82) is 0 Å². The highest BCUT2D eigenvalue weighted by Crippen LogP contribution is 2.31. The van der Waals surface area contributed by atoms with Crippen molar-refractivity contribution in [2.75, 3.05) is 17.2 Å². The van der Waals surface area contributed by atoms with Gasteiger partial charge in [0.25, 0.3) is 0 Å². The molecular weight excluding hydrogens is 368 g/mol. The van der Waals surface area contributed by atoms with Crippen molar-refractivity contribution in [2.24, 2.45) is 5.92 Å². The van der Waals surface area contributed by atoms with Crippen molar-refractivity contribution in [1.82, 2.24) is 4.98 Å². The van der Waals surface area contributed by atoms with Gasteiger partial charge in [-0.1, -0.05) is 0 Å². The average Bonchev–Trinajstić information content (AvgIpc) is 2.65. The van der Waals surface area contributed by atoms with Gasteiger partial charge in [-0.15, -0.1) is 0 Å². The Labute approximate surface area is 130 Å². The first-order valence-electron chi connectivity index (χ1n) is 6.03. The molecule has 2 heterocycles. The van der Waals surface area contributed by atoms with Gasteiger partial charge in [-0.05, 0) is 40.9 Å². The van der Waals surface area contributed by atoms with E-state index in [2.05, 4.69) is 20.9 Å². The van der Waals surface area contributed by atoms with Crippen molar-refractivity contribution < 1.29 is 13.2 Å². The van der Waals surface area contributed by atoms with Crippen LogP contribution in [0, 0.1) is 19.8 Å². The number of pyridine rings is 1. The van der Waals surface area contributed by atoms with Crippen LogP contribution in [0.25, 0.3) is 0 Å². The van der Waals surface area contributed by atoms with Crippen LogP contribution in [0.2, 0.25) is 0 Å². The molecule has 1 saturated heterocycles. The molecule has 1 aromatic rings. The lowest BCUT2D eigenvalue weighted by Crippen LogP contribution is -2.27. The number of carbonyl (C=O) groups excluding carboxylic acids is 1. The topological polar surface area (TPSA) is 67.3 Å². The van der Waals surface area contributed by atoms with Gasteiger partial charge in [0.05, 0.1) is 5.75 Å². The molecule has 0 bridgehead atoms. The molecule has 0 spiro atoms. The van der Waals surface area contributed by atoms with Gasteiger partial charge in [0.2, 0.25) is 15.0 Å². The van der Waals surface area contributed by atoms with Gasteiger partial charge in [-0.25, -0.2) is 13.4 Å². The highest BCUT2D eigenvalue weighted by atomic mass is 79.9. The van der Waals surface area contributed by atoms with Crippen LogP contribution in [0.4, 0.5) is 5.82 Å². The maximum absolute atomic E-state index is 12.1. The molecule has 1 aromatic heterocycles. The summed E-state index contributed by atoms with van der Waals surface area (Å²) >= 11 is 3.39. The Morgan fingerprint density at radius 1 is 1.45 bits per heavy atom. The third kappa shape index (κ3) is 3.32. The molecular formula is C12H14BrClN2O3S. The number of hydrogen-bond donors (Lipinski definition) is 0. The van der Waals surface area contributed by atoms with Crippen LogP contribution in [0.1, 0.15) is 17.5 Å². The molecule has 1 aliphatic rings. The van der Waals surface area contributed by atoms with Gasteiger partial charge in [0.1, 0.15) is 5.82 Å². The van der Waals surface area contributed by atoms with E-state index in [1.807, 2.05) is 13.8 Å². The molecule has 1 amide bonds. The van der Waals surface area contributed by atoms with Crippen LogP contribution in [0.15, 0.2) is 10.7 Å². The van der Waals surface area contributed by atoms with E-state index in [4.69, 9.17) is 10.7 Å². The minimum absolute atomic E-state index is 0.118. The highest BCUT2D eigenvalue weighted by molar-refractivity contribution is 9.10. The Morgan fingerprint density at radius 3 is 2.70 bits per heavy atom. The Morgan fingerprint density at radius 2 is 2.10 bits per heavy atom. The van der Waals surface area contributed by atoms with E-state index in [1.165, 1.54) is 0 Å². The number of halogens is 2. The zero-order valence-corrected chi connectivity index (χ0v) is 14.2. The molecule has 0 N–H and O–H groups in total. The predicted octanol–water partition coefficient (Wildman–Crippen LogP) is 2.38. The zero-order valence-electron chi connectivity index (χ0n) is 11.1.